The minimum atomic E-state index is 0.728. The van der Waals surface area contributed by atoms with Gasteiger partial charge in [0.1, 0.15) is 11.5 Å². The first-order valence-electron chi connectivity index (χ1n) is 14.7. The molecule has 0 aliphatic rings. The van der Waals surface area contributed by atoms with Crippen molar-refractivity contribution in [2.24, 2.45) is 0 Å². The van der Waals surface area contributed by atoms with E-state index in [1.165, 1.54) is 116 Å². The monoisotopic (exact) mass is 758 g/mol. The SMILES string of the molecule is CCCCCCCCCCCCOc1c(Br)c(Br)c(OCCCCCCCCCCCC)c(Br)c1Br. The lowest BCUT2D eigenvalue weighted by molar-refractivity contribution is 0.290. The molecule has 0 aliphatic carbocycles. The average Bonchev–Trinajstić information content (AvgIpc) is 2.88. The highest BCUT2D eigenvalue weighted by Crippen LogP contribution is 2.50. The first-order valence-corrected chi connectivity index (χ1v) is 17.8. The number of ether oxygens (including phenoxy) is 2. The molecule has 1 rings (SSSR count). The van der Waals surface area contributed by atoms with Crippen molar-refractivity contribution in [3.05, 3.63) is 17.9 Å². The zero-order valence-corrected chi connectivity index (χ0v) is 29.2. The molecule has 0 heterocycles. The summed E-state index contributed by atoms with van der Waals surface area (Å²) in [4.78, 5) is 0. The molecule has 0 bridgehead atoms. The second-order valence-corrected chi connectivity index (χ2v) is 13.1. The average molecular weight is 762 g/mol. The quantitative estimate of drug-likeness (QED) is 0.0771. The Balaban J connectivity index is 2.26. The van der Waals surface area contributed by atoms with Gasteiger partial charge in [0.05, 0.1) is 31.1 Å². The summed E-state index contributed by atoms with van der Waals surface area (Å²) >= 11 is 14.9. The standard InChI is InChI=1S/C30H50Br4O2/c1-3-5-7-9-11-13-15-17-19-21-23-35-29-25(31)27(33)30(28(34)26(29)32)36-24-22-20-18-16-14-12-10-8-6-4-2/h3-24H2,1-2H3. The summed E-state index contributed by atoms with van der Waals surface area (Å²) in [6, 6.07) is 0. The molecule has 0 atom stereocenters. The van der Waals surface area contributed by atoms with Crippen LogP contribution in [0.4, 0.5) is 0 Å². The number of hydrogen-bond acceptors (Lipinski definition) is 2. The lowest BCUT2D eigenvalue weighted by atomic mass is 10.1. The third kappa shape index (κ3) is 15.4. The Kier molecular flexibility index (Phi) is 22.8. The van der Waals surface area contributed by atoms with E-state index in [9.17, 15) is 0 Å². The molecule has 0 saturated heterocycles. The van der Waals surface area contributed by atoms with Crippen LogP contribution in [-0.4, -0.2) is 13.2 Å². The van der Waals surface area contributed by atoms with Crippen LogP contribution in [0.2, 0.25) is 0 Å². The Hall–Kier alpha value is 0.740. The van der Waals surface area contributed by atoms with Crippen LogP contribution in [-0.2, 0) is 0 Å². The van der Waals surface area contributed by atoms with E-state index < -0.39 is 0 Å². The lowest BCUT2D eigenvalue weighted by Gasteiger charge is -2.18. The molecule has 0 N–H and O–H groups in total. The molecule has 36 heavy (non-hydrogen) atoms. The fraction of sp³-hybridized carbons (Fsp3) is 0.800. The van der Waals surface area contributed by atoms with E-state index >= 15 is 0 Å². The van der Waals surface area contributed by atoms with Crippen LogP contribution in [0, 0.1) is 0 Å². The van der Waals surface area contributed by atoms with E-state index in [0.717, 1.165) is 55.4 Å². The molecule has 210 valence electrons. The Bertz CT molecular complexity index is 595. The summed E-state index contributed by atoms with van der Waals surface area (Å²) in [5.41, 5.74) is 0. The second kappa shape index (κ2) is 23.6. The number of rotatable bonds is 24. The predicted molar refractivity (Wildman–Crippen MR) is 172 cm³/mol. The molecular formula is C30H50Br4O2. The van der Waals surface area contributed by atoms with Crippen molar-refractivity contribution in [3.8, 4) is 11.5 Å². The van der Waals surface area contributed by atoms with Gasteiger partial charge in [0.25, 0.3) is 0 Å². The largest absolute Gasteiger partial charge is 0.491 e. The van der Waals surface area contributed by atoms with Crippen molar-refractivity contribution in [1.82, 2.24) is 0 Å². The summed E-state index contributed by atoms with van der Waals surface area (Å²) in [6.07, 6.45) is 26.5. The van der Waals surface area contributed by atoms with Gasteiger partial charge in [-0.25, -0.2) is 0 Å². The summed E-state index contributed by atoms with van der Waals surface area (Å²) in [7, 11) is 0. The highest BCUT2D eigenvalue weighted by atomic mass is 79.9. The van der Waals surface area contributed by atoms with Crippen molar-refractivity contribution in [2.45, 2.75) is 142 Å². The molecule has 6 heteroatoms. The van der Waals surface area contributed by atoms with Crippen LogP contribution in [0.1, 0.15) is 142 Å². The van der Waals surface area contributed by atoms with E-state index in [1.807, 2.05) is 0 Å². The maximum absolute atomic E-state index is 6.16. The molecule has 0 fully saturated rings. The summed E-state index contributed by atoms with van der Waals surface area (Å²) in [5, 5.41) is 0. The van der Waals surface area contributed by atoms with Gasteiger partial charge in [0.15, 0.2) is 0 Å². The zero-order chi connectivity index (χ0) is 26.4. The molecule has 0 aromatic heterocycles. The van der Waals surface area contributed by atoms with Crippen LogP contribution < -0.4 is 9.47 Å². The highest BCUT2D eigenvalue weighted by molar-refractivity contribution is 9.14. The van der Waals surface area contributed by atoms with E-state index in [1.54, 1.807) is 0 Å². The summed E-state index contributed by atoms with van der Waals surface area (Å²) in [5.74, 6) is 1.66. The fourth-order valence-corrected chi connectivity index (χ4v) is 6.88. The Morgan fingerprint density at radius 1 is 0.361 bits per heavy atom. The molecule has 0 radical (unpaired) electrons. The van der Waals surface area contributed by atoms with Crippen molar-refractivity contribution in [2.75, 3.05) is 13.2 Å². The van der Waals surface area contributed by atoms with Crippen LogP contribution in [0.5, 0.6) is 11.5 Å². The van der Waals surface area contributed by atoms with Crippen LogP contribution in [0.3, 0.4) is 0 Å². The molecular weight excluding hydrogens is 712 g/mol. The smallest absolute Gasteiger partial charge is 0.150 e. The second-order valence-electron chi connectivity index (χ2n) is 9.98. The van der Waals surface area contributed by atoms with Gasteiger partial charge >= 0.3 is 0 Å². The van der Waals surface area contributed by atoms with Crippen molar-refractivity contribution >= 4 is 63.7 Å². The first kappa shape index (κ1) is 34.8. The van der Waals surface area contributed by atoms with Gasteiger partial charge in [-0.1, -0.05) is 129 Å². The van der Waals surface area contributed by atoms with E-state index in [4.69, 9.17) is 9.47 Å². The van der Waals surface area contributed by atoms with E-state index in [-0.39, 0.29) is 0 Å². The minimum Gasteiger partial charge on any atom is -0.491 e. The topological polar surface area (TPSA) is 18.5 Å². The third-order valence-electron chi connectivity index (χ3n) is 6.67. The van der Waals surface area contributed by atoms with Crippen LogP contribution >= 0.6 is 63.7 Å². The Morgan fingerprint density at radius 3 is 0.833 bits per heavy atom. The molecule has 0 amide bonds. The lowest BCUT2D eigenvalue weighted by Crippen LogP contribution is -2.03. The van der Waals surface area contributed by atoms with Gasteiger partial charge in [-0.15, -0.1) is 0 Å². The van der Waals surface area contributed by atoms with Gasteiger partial charge in [-0.2, -0.15) is 0 Å². The van der Waals surface area contributed by atoms with E-state index in [2.05, 4.69) is 77.6 Å². The van der Waals surface area contributed by atoms with Gasteiger partial charge < -0.3 is 9.47 Å². The molecule has 1 aromatic carbocycles. The molecule has 0 unspecified atom stereocenters. The van der Waals surface area contributed by atoms with Crippen molar-refractivity contribution in [3.63, 3.8) is 0 Å². The summed E-state index contributed by atoms with van der Waals surface area (Å²) < 4.78 is 15.9. The molecule has 1 aromatic rings. The first-order chi connectivity index (χ1) is 17.5. The van der Waals surface area contributed by atoms with E-state index in [0.29, 0.717) is 0 Å². The molecule has 0 aliphatic heterocycles. The number of hydrogen-bond donors (Lipinski definition) is 0. The molecule has 0 saturated carbocycles. The number of benzene rings is 1. The van der Waals surface area contributed by atoms with Crippen molar-refractivity contribution < 1.29 is 9.47 Å². The Labute approximate surface area is 256 Å². The minimum absolute atomic E-state index is 0.728. The number of unbranched alkanes of at least 4 members (excludes halogenated alkanes) is 18. The zero-order valence-electron chi connectivity index (χ0n) is 22.9. The van der Waals surface area contributed by atoms with Gasteiger partial charge in [0.2, 0.25) is 0 Å². The normalized spacial score (nSPS) is 11.3. The van der Waals surface area contributed by atoms with Crippen molar-refractivity contribution in [1.29, 1.82) is 0 Å². The molecule has 2 nitrogen and oxygen atoms in total. The maximum atomic E-state index is 6.16. The van der Waals surface area contributed by atoms with Gasteiger partial charge in [-0.3, -0.25) is 0 Å². The van der Waals surface area contributed by atoms with Gasteiger partial charge in [-0.05, 0) is 76.6 Å². The summed E-state index contributed by atoms with van der Waals surface area (Å²) in [6.45, 7) is 6.01. The van der Waals surface area contributed by atoms with Crippen LogP contribution in [0.15, 0.2) is 17.9 Å². The predicted octanol–water partition coefficient (Wildman–Crippen LogP) is 13.3. The maximum Gasteiger partial charge on any atom is 0.150 e. The highest BCUT2D eigenvalue weighted by Gasteiger charge is 2.21. The number of halogens is 4. The fourth-order valence-electron chi connectivity index (χ4n) is 4.37. The Morgan fingerprint density at radius 2 is 0.583 bits per heavy atom. The third-order valence-corrected chi connectivity index (χ3v) is 10.8. The van der Waals surface area contributed by atoms with Crippen LogP contribution in [0.25, 0.3) is 0 Å². The molecule has 0 spiro atoms. The van der Waals surface area contributed by atoms with Gasteiger partial charge in [0, 0.05) is 0 Å².